The molecule has 0 aromatic carbocycles. The highest BCUT2D eigenvalue weighted by Gasteiger charge is 2.09. The van der Waals surface area contributed by atoms with Gasteiger partial charge in [0, 0.05) is 5.38 Å². The second kappa shape index (κ2) is 7.12. The lowest BCUT2D eigenvalue weighted by Crippen LogP contribution is -2.10. The maximum absolute atomic E-state index is 10.8. The van der Waals surface area contributed by atoms with Crippen LogP contribution in [0.4, 0.5) is 5.13 Å². The van der Waals surface area contributed by atoms with Gasteiger partial charge in [0.15, 0.2) is 17.1 Å². The fourth-order valence-electron chi connectivity index (χ4n) is 0.850. The van der Waals surface area contributed by atoms with Crippen molar-refractivity contribution >= 4 is 40.8 Å². The Morgan fingerprint density at radius 1 is 1.61 bits per heavy atom. The molecule has 18 heavy (non-hydrogen) atoms. The van der Waals surface area contributed by atoms with Crippen LogP contribution in [0, 0.1) is 0 Å². The van der Waals surface area contributed by atoms with E-state index in [0.717, 1.165) is 11.3 Å². The number of hydrogen-bond acceptors (Lipinski definition) is 8. The van der Waals surface area contributed by atoms with Crippen LogP contribution in [-0.2, 0) is 24.0 Å². The summed E-state index contributed by atoms with van der Waals surface area (Å²) in [7, 11) is 1.20. The van der Waals surface area contributed by atoms with Crippen LogP contribution in [0.3, 0.4) is 0 Å². The molecule has 1 rings (SSSR count). The lowest BCUT2D eigenvalue weighted by molar-refractivity contribution is -0.145. The zero-order valence-electron chi connectivity index (χ0n) is 9.28. The van der Waals surface area contributed by atoms with Gasteiger partial charge >= 0.3 is 5.97 Å². The molecule has 1 amide bonds. The number of nitrogens with one attached hydrogen (secondary N) is 1. The molecule has 9 heteroatoms. The largest absolute Gasteiger partial charge is 0.466 e. The summed E-state index contributed by atoms with van der Waals surface area (Å²) in [5, 5.41) is 7.62. The molecule has 0 saturated carbocycles. The van der Waals surface area contributed by atoms with Crippen molar-refractivity contribution in [3.8, 4) is 0 Å². The van der Waals surface area contributed by atoms with E-state index >= 15 is 0 Å². The molecule has 96 valence electrons. The number of anilines is 1. The van der Waals surface area contributed by atoms with Gasteiger partial charge in [-0.1, -0.05) is 5.16 Å². The molecule has 0 radical (unpaired) electrons. The van der Waals surface area contributed by atoms with Crippen LogP contribution in [-0.4, -0.2) is 43.1 Å². The summed E-state index contributed by atoms with van der Waals surface area (Å²) >= 11 is 1.12. The average Bonchev–Trinajstić information content (AvgIpc) is 2.83. The van der Waals surface area contributed by atoms with E-state index in [1.807, 2.05) is 0 Å². The Bertz CT molecular complexity index is 471. The van der Waals surface area contributed by atoms with Crippen molar-refractivity contribution in [1.82, 2.24) is 4.98 Å². The molecule has 0 spiro atoms. The van der Waals surface area contributed by atoms with E-state index in [0.29, 0.717) is 17.8 Å². The minimum absolute atomic E-state index is 0.0888. The zero-order chi connectivity index (χ0) is 13.4. The SMILES string of the molecule is COC(=O)CON=C(C=O)c1csc(NC=O)n1. The van der Waals surface area contributed by atoms with Crippen LogP contribution >= 0.6 is 11.3 Å². The number of oxime groups is 1. The smallest absolute Gasteiger partial charge is 0.346 e. The summed E-state index contributed by atoms with van der Waals surface area (Å²) in [5.74, 6) is -0.620. The molecule has 0 aliphatic rings. The van der Waals surface area contributed by atoms with Crippen LogP contribution in [0.5, 0.6) is 0 Å². The molecule has 0 bridgehead atoms. The third kappa shape index (κ3) is 3.94. The van der Waals surface area contributed by atoms with Crippen molar-refractivity contribution in [3.63, 3.8) is 0 Å². The molecule has 0 fully saturated rings. The molecule has 0 saturated heterocycles. The molecule has 8 nitrogen and oxygen atoms in total. The van der Waals surface area contributed by atoms with E-state index in [1.165, 1.54) is 12.5 Å². The minimum Gasteiger partial charge on any atom is -0.466 e. The predicted molar refractivity (Wildman–Crippen MR) is 62.4 cm³/mol. The molecule has 1 aromatic heterocycles. The number of hydrogen-bond donors (Lipinski definition) is 1. The van der Waals surface area contributed by atoms with Crippen LogP contribution < -0.4 is 5.32 Å². The highest BCUT2D eigenvalue weighted by Crippen LogP contribution is 2.14. The Labute approximate surface area is 106 Å². The van der Waals surface area contributed by atoms with Gasteiger partial charge in [0.25, 0.3) is 0 Å². The number of rotatable bonds is 7. The zero-order valence-corrected chi connectivity index (χ0v) is 10.1. The Hall–Kier alpha value is -2.29. The van der Waals surface area contributed by atoms with Crippen molar-refractivity contribution in [2.24, 2.45) is 5.16 Å². The summed E-state index contributed by atoms with van der Waals surface area (Å²) < 4.78 is 4.32. The summed E-state index contributed by atoms with van der Waals surface area (Å²) in [4.78, 5) is 40.2. The molecular formula is C9H9N3O5S. The van der Waals surface area contributed by atoms with Crippen molar-refractivity contribution in [2.75, 3.05) is 19.0 Å². The first kappa shape index (κ1) is 13.8. The Morgan fingerprint density at radius 2 is 2.39 bits per heavy atom. The van der Waals surface area contributed by atoms with Gasteiger partial charge in [-0.05, 0) is 0 Å². The molecule has 0 atom stereocenters. The van der Waals surface area contributed by atoms with Crippen LogP contribution in [0.1, 0.15) is 5.69 Å². The normalized spacial score (nSPS) is 10.6. The predicted octanol–water partition coefficient (Wildman–Crippen LogP) is -0.196. The van der Waals surface area contributed by atoms with E-state index in [2.05, 4.69) is 25.0 Å². The van der Waals surface area contributed by atoms with Gasteiger partial charge in [0.1, 0.15) is 5.69 Å². The number of thiazole rings is 1. The maximum atomic E-state index is 10.8. The number of aldehydes is 1. The van der Waals surface area contributed by atoms with Crippen molar-refractivity contribution in [1.29, 1.82) is 0 Å². The molecule has 1 N–H and O–H groups in total. The van der Waals surface area contributed by atoms with E-state index in [1.54, 1.807) is 0 Å². The summed E-state index contributed by atoms with van der Waals surface area (Å²) in [5.41, 5.74) is 0.151. The number of esters is 1. The molecule has 0 unspecified atom stereocenters. The third-order valence-corrected chi connectivity index (χ3v) is 2.41. The van der Waals surface area contributed by atoms with Crippen molar-refractivity contribution < 1.29 is 24.0 Å². The number of methoxy groups -OCH3 is 1. The molecule has 0 aliphatic carbocycles. The lowest BCUT2D eigenvalue weighted by atomic mass is 10.3. The fourth-order valence-corrected chi connectivity index (χ4v) is 1.51. The maximum Gasteiger partial charge on any atom is 0.346 e. The second-order valence-electron chi connectivity index (χ2n) is 2.74. The van der Waals surface area contributed by atoms with E-state index in [9.17, 15) is 14.4 Å². The summed E-state index contributed by atoms with van der Waals surface area (Å²) in [6.07, 6.45) is 0.894. The highest BCUT2D eigenvalue weighted by atomic mass is 32.1. The fraction of sp³-hybridized carbons (Fsp3) is 0.222. The van der Waals surface area contributed by atoms with Gasteiger partial charge in [-0.2, -0.15) is 0 Å². The first-order valence-electron chi connectivity index (χ1n) is 4.59. The van der Waals surface area contributed by atoms with E-state index in [-0.39, 0.29) is 11.4 Å². The van der Waals surface area contributed by atoms with Gasteiger partial charge in [-0.15, -0.1) is 11.3 Å². The van der Waals surface area contributed by atoms with Crippen LogP contribution in [0.15, 0.2) is 10.5 Å². The number of aromatic nitrogens is 1. The lowest BCUT2D eigenvalue weighted by Gasteiger charge is -1.98. The van der Waals surface area contributed by atoms with Crippen molar-refractivity contribution in [3.05, 3.63) is 11.1 Å². The summed E-state index contributed by atoms with van der Waals surface area (Å²) in [6, 6.07) is 0. The molecular weight excluding hydrogens is 262 g/mol. The van der Waals surface area contributed by atoms with Gasteiger partial charge in [0.05, 0.1) is 7.11 Å². The Balaban J connectivity index is 2.69. The van der Waals surface area contributed by atoms with Crippen LogP contribution in [0.25, 0.3) is 0 Å². The number of ether oxygens (including phenoxy) is 1. The average molecular weight is 271 g/mol. The number of amides is 1. The monoisotopic (exact) mass is 271 g/mol. The topological polar surface area (TPSA) is 107 Å². The van der Waals surface area contributed by atoms with Gasteiger partial charge in [0.2, 0.25) is 13.0 Å². The number of carbonyl (C=O) groups excluding carboxylic acids is 3. The third-order valence-electron chi connectivity index (χ3n) is 1.63. The first-order valence-corrected chi connectivity index (χ1v) is 5.47. The second-order valence-corrected chi connectivity index (χ2v) is 3.60. The summed E-state index contributed by atoms with van der Waals surface area (Å²) in [6.45, 7) is -0.405. The van der Waals surface area contributed by atoms with Gasteiger partial charge < -0.3 is 14.9 Å². The Morgan fingerprint density at radius 3 is 3.00 bits per heavy atom. The minimum atomic E-state index is -0.620. The van der Waals surface area contributed by atoms with Crippen LogP contribution in [0.2, 0.25) is 0 Å². The highest BCUT2D eigenvalue weighted by molar-refractivity contribution is 7.14. The van der Waals surface area contributed by atoms with E-state index < -0.39 is 12.6 Å². The molecule has 1 heterocycles. The van der Waals surface area contributed by atoms with Gasteiger partial charge in [-0.25, -0.2) is 9.78 Å². The quantitative estimate of drug-likeness (QED) is 0.318. The standard InChI is InChI=1S/C9H9N3O5S/c1-16-8(15)3-17-12-6(2-13)7-4-18-9(11-7)10-5-14/h2,4-5H,3H2,1H3,(H,10,11,14). The first-order chi connectivity index (χ1) is 8.71. The molecule has 1 aromatic rings. The Kier molecular flexibility index (Phi) is 5.45. The molecule has 0 aliphatic heterocycles. The number of carbonyl (C=O) groups is 3. The van der Waals surface area contributed by atoms with Crippen molar-refractivity contribution in [2.45, 2.75) is 0 Å². The van der Waals surface area contributed by atoms with Gasteiger partial charge in [-0.3, -0.25) is 9.59 Å². The van der Waals surface area contributed by atoms with E-state index in [4.69, 9.17) is 0 Å². The number of nitrogens with zero attached hydrogens (tertiary/aromatic N) is 2.